The maximum Gasteiger partial charge on any atom is 0.219 e. The highest BCUT2D eigenvalue weighted by atomic mass is 19.1. The molecule has 22 heavy (non-hydrogen) atoms. The van der Waals surface area contributed by atoms with Crippen LogP contribution in [0.5, 0.6) is 11.6 Å². The predicted octanol–water partition coefficient (Wildman–Crippen LogP) is 4.02. The van der Waals surface area contributed by atoms with Gasteiger partial charge < -0.3 is 10.1 Å². The summed E-state index contributed by atoms with van der Waals surface area (Å²) in [4.78, 5) is 8.22. The van der Waals surface area contributed by atoms with Crippen LogP contribution in [0.3, 0.4) is 0 Å². The summed E-state index contributed by atoms with van der Waals surface area (Å²) in [6, 6.07) is 13.6. The monoisotopic (exact) mass is 295 g/mol. The summed E-state index contributed by atoms with van der Waals surface area (Å²) in [5.74, 6) is 0.0891. The molecule has 0 bridgehead atoms. The van der Waals surface area contributed by atoms with E-state index in [0.29, 0.717) is 12.4 Å². The normalized spacial score (nSPS) is 10.2. The number of nitrogens with one attached hydrogen (secondary N) is 1. The Labute approximate surface area is 127 Å². The summed E-state index contributed by atoms with van der Waals surface area (Å²) in [6.45, 7) is 0.656. The molecule has 0 aliphatic carbocycles. The Morgan fingerprint density at radius 2 is 1.91 bits per heavy atom. The van der Waals surface area contributed by atoms with Gasteiger partial charge in [0, 0.05) is 25.0 Å². The van der Waals surface area contributed by atoms with Crippen LogP contribution in [0.1, 0.15) is 5.56 Å². The lowest BCUT2D eigenvalue weighted by Gasteiger charge is -2.08. The molecule has 0 saturated carbocycles. The van der Waals surface area contributed by atoms with Crippen LogP contribution in [-0.4, -0.2) is 9.97 Å². The standard InChI is InChI=1S/C17H14FN3O/c18-15-5-1-2-6-16(15)22-17-8-7-14(12-21-17)20-11-13-4-3-9-19-10-13/h1-10,12,20H,11H2. The Hall–Kier alpha value is -2.95. The Morgan fingerprint density at radius 3 is 2.64 bits per heavy atom. The third-order valence-corrected chi connectivity index (χ3v) is 3.01. The average Bonchev–Trinajstić information content (AvgIpc) is 2.57. The van der Waals surface area contributed by atoms with E-state index in [0.717, 1.165) is 11.3 Å². The van der Waals surface area contributed by atoms with Crippen molar-refractivity contribution < 1.29 is 9.13 Å². The third kappa shape index (κ3) is 3.58. The molecule has 0 fully saturated rings. The summed E-state index contributed by atoms with van der Waals surface area (Å²) in [5.41, 5.74) is 1.93. The zero-order valence-electron chi connectivity index (χ0n) is 11.7. The lowest BCUT2D eigenvalue weighted by Crippen LogP contribution is -2.00. The van der Waals surface area contributed by atoms with Crippen molar-refractivity contribution in [3.8, 4) is 11.6 Å². The topological polar surface area (TPSA) is 47.0 Å². The van der Waals surface area contributed by atoms with Crippen molar-refractivity contribution in [3.63, 3.8) is 0 Å². The Bertz CT molecular complexity index is 732. The minimum absolute atomic E-state index is 0.158. The first-order valence-corrected chi connectivity index (χ1v) is 6.82. The van der Waals surface area contributed by atoms with E-state index < -0.39 is 5.82 Å². The van der Waals surface area contributed by atoms with Gasteiger partial charge in [-0.15, -0.1) is 0 Å². The largest absolute Gasteiger partial charge is 0.436 e. The van der Waals surface area contributed by atoms with Crippen LogP contribution in [0.4, 0.5) is 10.1 Å². The molecule has 0 amide bonds. The number of rotatable bonds is 5. The second kappa shape index (κ2) is 6.67. The van der Waals surface area contributed by atoms with Crippen LogP contribution in [0.15, 0.2) is 67.1 Å². The van der Waals surface area contributed by atoms with Crippen LogP contribution in [-0.2, 0) is 6.54 Å². The molecule has 0 spiro atoms. The van der Waals surface area contributed by atoms with Gasteiger partial charge >= 0.3 is 0 Å². The molecule has 2 aromatic heterocycles. The molecule has 0 saturated heterocycles. The van der Waals surface area contributed by atoms with Gasteiger partial charge in [-0.05, 0) is 29.8 Å². The fourth-order valence-corrected chi connectivity index (χ4v) is 1.89. The van der Waals surface area contributed by atoms with Crippen LogP contribution >= 0.6 is 0 Å². The summed E-state index contributed by atoms with van der Waals surface area (Å²) < 4.78 is 18.9. The SMILES string of the molecule is Fc1ccccc1Oc1ccc(NCc2cccnc2)cn1. The van der Waals surface area contributed by atoms with Crippen LogP contribution in [0.25, 0.3) is 0 Å². The van der Waals surface area contributed by atoms with Gasteiger partial charge in [0.1, 0.15) is 0 Å². The van der Waals surface area contributed by atoms with Crippen LogP contribution in [0, 0.1) is 5.82 Å². The fourth-order valence-electron chi connectivity index (χ4n) is 1.89. The third-order valence-electron chi connectivity index (χ3n) is 3.01. The van der Waals surface area contributed by atoms with Crippen molar-refractivity contribution in [2.24, 2.45) is 0 Å². The molecule has 0 atom stereocenters. The van der Waals surface area contributed by atoms with E-state index in [1.165, 1.54) is 6.07 Å². The van der Waals surface area contributed by atoms with E-state index in [4.69, 9.17) is 4.74 Å². The number of para-hydroxylation sites is 1. The molecule has 4 nitrogen and oxygen atoms in total. The molecule has 2 heterocycles. The van der Waals surface area contributed by atoms with Crippen molar-refractivity contribution in [2.75, 3.05) is 5.32 Å². The summed E-state index contributed by atoms with van der Waals surface area (Å²) in [5, 5.41) is 3.23. The number of ether oxygens (including phenoxy) is 1. The molecule has 0 unspecified atom stereocenters. The minimum atomic E-state index is -0.414. The Balaban J connectivity index is 1.62. The number of hydrogen-bond donors (Lipinski definition) is 1. The molecule has 0 aliphatic heterocycles. The number of halogens is 1. The Morgan fingerprint density at radius 1 is 1.00 bits per heavy atom. The predicted molar refractivity (Wildman–Crippen MR) is 82.3 cm³/mol. The zero-order valence-corrected chi connectivity index (χ0v) is 11.7. The van der Waals surface area contributed by atoms with Gasteiger partial charge in [0.05, 0.1) is 11.9 Å². The summed E-state index contributed by atoms with van der Waals surface area (Å²) >= 11 is 0. The number of pyridine rings is 2. The van der Waals surface area contributed by atoms with Crippen molar-refractivity contribution in [3.05, 3.63) is 78.5 Å². The number of benzene rings is 1. The molecular formula is C17H14FN3O. The molecule has 3 rings (SSSR count). The van der Waals surface area contributed by atoms with Gasteiger partial charge in [-0.1, -0.05) is 18.2 Å². The molecule has 0 aliphatic rings. The number of anilines is 1. The average molecular weight is 295 g/mol. The van der Waals surface area contributed by atoms with Gasteiger partial charge in [0.2, 0.25) is 5.88 Å². The zero-order chi connectivity index (χ0) is 15.2. The highest BCUT2D eigenvalue weighted by Crippen LogP contribution is 2.23. The highest BCUT2D eigenvalue weighted by molar-refractivity contribution is 5.43. The molecule has 110 valence electrons. The van der Waals surface area contributed by atoms with E-state index in [1.54, 1.807) is 42.9 Å². The lowest BCUT2D eigenvalue weighted by molar-refractivity contribution is 0.427. The number of aromatic nitrogens is 2. The highest BCUT2D eigenvalue weighted by Gasteiger charge is 2.04. The van der Waals surface area contributed by atoms with E-state index in [2.05, 4.69) is 15.3 Å². The molecule has 3 aromatic rings. The summed E-state index contributed by atoms with van der Waals surface area (Å²) in [6.07, 6.45) is 5.18. The van der Waals surface area contributed by atoms with Gasteiger partial charge in [-0.25, -0.2) is 9.37 Å². The Kier molecular flexibility index (Phi) is 4.25. The van der Waals surface area contributed by atoms with Crippen molar-refractivity contribution >= 4 is 5.69 Å². The summed E-state index contributed by atoms with van der Waals surface area (Å²) in [7, 11) is 0. The van der Waals surface area contributed by atoms with Gasteiger partial charge in [-0.2, -0.15) is 0 Å². The lowest BCUT2D eigenvalue weighted by atomic mass is 10.3. The first kappa shape index (κ1) is 14.0. The number of hydrogen-bond acceptors (Lipinski definition) is 4. The smallest absolute Gasteiger partial charge is 0.219 e. The van der Waals surface area contributed by atoms with Gasteiger partial charge in [-0.3, -0.25) is 4.98 Å². The molecule has 1 N–H and O–H groups in total. The fraction of sp³-hybridized carbons (Fsp3) is 0.0588. The second-order valence-corrected chi connectivity index (χ2v) is 4.63. The number of nitrogens with zero attached hydrogens (tertiary/aromatic N) is 2. The van der Waals surface area contributed by atoms with E-state index in [9.17, 15) is 4.39 Å². The first-order chi connectivity index (χ1) is 10.8. The maximum absolute atomic E-state index is 13.5. The van der Waals surface area contributed by atoms with Crippen molar-refractivity contribution in [1.29, 1.82) is 0 Å². The molecule has 1 aromatic carbocycles. The molecule has 0 radical (unpaired) electrons. The van der Waals surface area contributed by atoms with Gasteiger partial charge in [0.15, 0.2) is 11.6 Å². The van der Waals surface area contributed by atoms with Crippen molar-refractivity contribution in [1.82, 2.24) is 9.97 Å². The van der Waals surface area contributed by atoms with E-state index in [-0.39, 0.29) is 5.75 Å². The van der Waals surface area contributed by atoms with Gasteiger partial charge in [0.25, 0.3) is 0 Å². The quantitative estimate of drug-likeness (QED) is 0.772. The first-order valence-electron chi connectivity index (χ1n) is 6.82. The van der Waals surface area contributed by atoms with E-state index >= 15 is 0 Å². The van der Waals surface area contributed by atoms with Crippen LogP contribution in [0.2, 0.25) is 0 Å². The van der Waals surface area contributed by atoms with Crippen LogP contribution < -0.4 is 10.1 Å². The van der Waals surface area contributed by atoms with E-state index in [1.807, 2.05) is 18.2 Å². The minimum Gasteiger partial charge on any atom is -0.436 e. The molecular weight excluding hydrogens is 281 g/mol. The van der Waals surface area contributed by atoms with Crippen molar-refractivity contribution in [2.45, 2.75) is 6.54 Å². The second-order valence-electron chi connectivity index (χ2n) is 4.63. The molecule has 5 heteroatoms. The maximum atomic E-state index is 13.5.